The number of methoxy groups -OCH3 is 1. The quantitative estimate of drug-likeness (QED) is 0.128. The molecule has 9 atom stereocenters. The zero-order chi connectivity index (χ0) is 40.7. The number of carboxylic acid groups (broad SMARTS) is 1. The van der Waals surface area contributed by atoms with Gasteiger partial charge in [-0.1, -0.05) is 88.8 Å². The summed E-state index contributed by atoms with van der Waals surface area (Å²) >= 11 is 0. The first-order valence-electron chi connectivity index (χ1n) is 18.3. The van der Waals surface area contributed by atoms with Gasteiger partial charge < -0.3 is 47.2 Å². The summed E-state index contributed by atoms with van der Waals surface area (Å²) in [6.07, 6.45) is 7.64. The molecule has 1 aromatic rings. The Hall–Kier alpha value is -4.85. The van der Waals surface area contributed by atoms with Crippen molar-refractivity contribution in [1.82, 2.24) is 26.2 Å². The lowest BCUT2D eigenvalue weighted by molar-refractivity contribution is -0.147. The van der Waals surface area contributed by atoms with Crippen molar-refractivity contribution in [3.05, 3.63) is 66.1 Å². The van der Waals surface area contributed by atoms with E-state index < -0.39 is 83.5 Å². The van der Waals surface area contributed by atoms with Crippen LogP contribution in [0, 0.1) is 30.1 Å². The maximum absolute atomic E-state index is 13.9. The molecule has 0 bridgehead atoms. The predicted octanol–water partition coefficient (Wildman–Crippen LogP) is 2.38. The Morgan fingerprint density at radius 1 is 0.963 bits per heavy atom. The number of rotatable bonds is 11. The SMILES string of the molecule is C[CH-]C1C(=O)N[C@@H](C(=O)O)[C@H](C)C(=O)N[C@@H](C(C)C)C(=O)N[C@@H](/C=C/C(C)=C/[C@H](C)[C@H](Cc2ccccc2)OC)[C@H](C)C(=O)N[C@@H](C=O)CCC(=O)N1C. The Balaban J connectivity index is 2.52. The Labute approximate surface area is 318 Å². The van der Waals surface area contributed by atoms with Gasteiger partial charge in [0.1, 0.15) is 18.4 Å². The number of aliphatic carboxylic acids is 1. The molecule has 1 fully saturated rings. The van der Waals surface area contributed by atoms with Crippen LogP contribution in [0.1, 0.15) is 66.9 Å². The third kappa shape index (κ3) is 13.2. The van der Waals surface area contributed by atoms with Gasteiger partial charge in [0.25, 0.3) is 0 Å². The predicted molar refractivity (Wildman–Crippen MR) is 203 cm³/mol. The molecule has 2 rings (SSSR count). The lowest BCUT2D eigenvalue weighted by Gasteiger charge is -2.34. The summed E-state index contributed by atoms with van der Waals surface area (Å²) < 4.78 is 5.79. The number of aldehydes is 1. The summed E-state index contributed by atoms with van der Waals surface area (Å²) in [5.74, 6) is -7.62. The second-order valence-electron chi connectivity index (χ2n) is 14.3. The minimum atomic E-state index is -1.69. The van der Waals surface area contributed by atoms with Crippen LogP contribution >= 0.6 is 0 Å². The molecule has 54 heavy (non-hydrogen) atoms. The number of carbonyl (C=O) groups is 7. The van der Waals surface area contributed by atoms with Crippen molar-refractivity contribution in [1.29, 1.82) is 0 Å². The zero-order valence-electron chi connectivity index (χ0n) is 32.8. The third-order valence-corrected chi connectivity index (χ3v) is 9.80. The van der Waals surface area contributed by atoms with Gasteiger partial charge in [-0.2, -0.15) is 6.92 Å². The van der Waals surface area contributed by atoms with E-state index in [0.717, 1.165) is 16.0 Å². The molecule has 1 aromatic carbocycles. The van der Waals surface area contributed by atoms with Gasteiger partial charge in [0.15, 0.2) is 0 Å². The smallest absolute Gasteiger partial charge is 0.327 e. The highest BCUT2D eigenvalue weighted by Crippen LogP contribution is 2.19. The maximum atomic E-state index is 13.9. The van der Waals surface area contributed by atoms with Gasteiger partial charge in [0, 0.05) is 26.5 Å². The van der Waals surface area contributed by atoms with Crippen LogP contribution in [0.5, 0.6) is 0 Å². The topological polar surface area (TPSA) is 200 Å². The summed E-state index contributed by atoms with van der Waals surface area (Å²) in [5.41, 5.74) is 1.96. The van der Waals surface area contributed by atoms with Gasteiger partial charge in [-0.05, 0) is 37.3 Å². The number of amides is 5. The summed E-state index contributed by atoms with van der Waals surface area (Å²) in [5, 5.41) is 20.5. The van der Waals surface area contributed by atoms with E-state index in [1.807, 2.05) is 50.3 Å². The van der Waals surface area contributed by atoms with Gasteiger partial charge in [-0.3, -0.25) is 24.0 Å². The summed E-state index contributed by atoms with van der Waals surface area (Å²) in [6, 6.07) is 3.93. The molecule has 1 saturated heterocycles. The van der Waals surface area contributed by atoms with Gasteiger partial charge in [0.05, 0.1) is 30.0 Å². The molecule has 14 nitrogen and oxygen atoms in total. The maximum Gasteiger partial charge on any atom is 0.327 e. The molecule has 5 N–H and O–H groups in total. The van der Waals surface area contributed by atoms with Crippen LogP contribution in [-0.4, -0.2) is 102 Å². The Bertz CT molecular complexity index is 1530. The number of allylic oxidation sites excluding steroid dienone is 2. The highest BCUT2D eigenvalue weighted by Gasteiger charge is 2.37. The Kier molecular flexibility index (Phi) is 18.3. The number of nitrogens with zero attached hydrogens (tertiary/aromatic N) is 1. The van der Waals surface area contributed by atoms with E-state index in [2.05, 4.69) is 21.3 Å². The minimum Gasteiger partial charge on any atom is -0.480 e. The largest absolute Gasteiger partial charge is 0.480 e. The summed E-state index contributed by atoms with van der Waals surface area (Å²) in [4.78, 5) is 92.7. The summed E-state index contributed by atoms with van der Waals surface area (Å²) in [6.45, 7) is 11.7. The lowest BCUT2D eigenvalue weighted by atomic mass is 9.94. The molecular formula is C40H58N5O9-. The molecular weight excluding hydrogens is 694 g/mol. The minimum absolute atomic E-state index is 0.00722. The highest BCUT2D eigenvalue weighted by molar-refractivity contribution is 5.95. The molecule has 0 radical (unpaired) electrons. The van der Waals surface area contributed by atoms with E-state index in [1.54, 1.807) is 40.0 Å². The van der Waals surface area contributed by atoms with Crippen LogP contribution in [0.15, 0.2) is 54.1 Å². The van der Waals surface area contributed by atoms with Crippen LogP contribution in [-0.2, 0) is 44.7 Å². The Morgan fingerprint density at radius 3 is 2.15 bits per heavy atom. The molecule has 298 valence electrons. The van der Waals surface area contributed by atoms with Crippen molar-refractivity contribution in [3.63, 3.8) is 0 Å². The Morgan fingerprint density at radius 2 is 1.59 bits per heavy atom. The first-order valence-corrected chi connectivity index (χ1v) is 18.3. The monoisotopic (exact) mass is 752 g/mol. The van der Waals surface area contributed by atoms with Crippen LogP contribution in [0.2, 0.25) is 0 Å². The van der Waals surface area contributed by atoms with Crippen molar-refractivity contribution in [2.75, 3.05) is 14.2 Å². The lowest BCUT2D eigenvalue weighted by Crippen LogP contribution is -2.58. The summed E-state index contributed by atoms with van der Waals surface area (Å²) in [7, 11) is 3.02. The van der Waals surface area contributed by atoms with Gasteiger partial charge >= 0.3 is 5.97 Å². The molecule has 1 unspecified atom stereocenters. The van der Waals surface area contributed by atoms with E-state index in [9.17, 15) is 38.7 Å². The molecule has 1 aliphatic heterocycles. The fourth-order valence-electron chi connectivity index (χ4n) is 6.18. The number of carboxylic acids is 1. The molecule has 0 spiro atoms. The molecule has 0 saturated carbocycles. The molecule has 0 aromatic heterocycles. The second kappa shape index (κ2) is 21.8. The number of likely N-dealkylation sites (N-methyl/N-ethyl adjacent to an activating group) is 1. The normalized spacial score (nSPS) is 27.1. The number of hydrogen-bond donors (Lipinski definition) is 5. The van der Waals surface area contributed by atoms with E-state index in [-0.39, 0.29) is 24.9 Å². The first kappa shape index (κ1) is 45.3. The van der Waals surface area contributed by atoms with Crippen molar-refractivity contribution in [2.24, 2.45) is 23.7 Å². The number of benzene rings is 1. The average molecular weight is 753 g/mol. The van der Waals surface area contributed by atoms with Crippen molar-refractivity contribution < 1.29 is 43.4 Å². The van der Waals surface area contributed by atoms with E-state index in [0.29, 0.717) is 12.7 Å². The van der Waals surface area contributed by atoms with Gasteiger partial charge in [0.2, 0.25) is 29.5 Å². The zero-order valence-corrected chi connectivity index (χ0v) is 32.8. The van der Waals surface area contributed by atoms with Crippen LogP contribution in [0.4, 0.5) is 0 Å². The van der Waals surface area contributed by atoms with E-state index in [1.165, 1.54) is 27.3 Å². The average Bonchev–Trinajstić information content (AvgIpc) is 3.13. The molecule has 1 heterocycles. The molecule has 1 aliphatic rings. The number of carbonyl (C=O) groups excluding carboxylic acids is 6. The van der Waals surface area contributed by atoms with Crippen LogP contribution < -0.4 is 21.3 Å². The second-order valence-corrected chi connectivity index (χ2v) is 14.3. The first-order chi connectivity index (χ1) is 25.4. The van der Waals surface area contributed by atoms with Crippen molar-refractivity contribution >= 4 is 41.8 Å². The molecule has 14 heteroatoms. The highest BCUT2D eigenvalue weighted by atomic mass is 16.5. The third-order valence-electron chi connectivity index (χ3n) is 9.80. The number of nitrogens with one attached hydrogen (secondary N) is 4. The van der Waals surface area contributed by atoms with Crippen LogP contribution in [0.25, 0.3) is 0 Å². The van der Waals surface area contributed by atoms with E-state index in [4.69, 9.17) is 4.74 Å². The molecule has 5 amide bonds. The van der Waals surface area contributed by atoms with Crippen molar-refractivity contribution in [3.8, 4) is 0 Å². The number of hydrogen-bond acceptors (Lipinski definition) is 8. The van der Waals surface area contributed by atoms with Gasteiger partial charge in [-0.15, -0.1) is 0 Å². The fraction of sp³-hybridized carbons (Fsp3) is 0.550. The van der Waals surface area contributed by atoms with Crippen molar-refractivity contribution in [2.45, 2.75) is 104 Å². The van der Waals surface area contributed by atoms with E-state index >= 15 is 0 Å². The van der Waals surface area contributed by atoms with Crippen LogP contribution in [0.3, 0.4) is 0 Å². The number of ether oxygens (including phenoxy) is 1. The van der Waals surface area contributed by atoms with Gasteiger partial charge in [-0.25, -0.2) is 4.79 Å². The fourth-order valence-corrected chi connectivity index (χ4v) is 6.18. The molecule has 0 aliphatic carbocycles. The standard InChI is InChI=1S/C40H58N5O9/c1-10-31-38(50)44-35(40(52)53)27(7)37(49)43-34(23(2)3)39(51)42-30(26(6)36(48)41-29(22-46)17-19-33(47)45(31)8)18-16-24(4)20-25(5)32(54-9)21-28-14-12-11-13-15-28/h10-16,18,20,22-23,25-27,29-32,34-35H,17,19,21H2,1-9H3,(H,41,48)(H,42,51)(H,43,49)(H,44,50)(H,52,53)/q-1/b18-16+,24-20+/t25-,26-,27-,29+,30-,31?,32-,34-,35+/m0/s1.